The predicted molar refractivity (Wildman–Crippen MR) is 106 cm³/mol. The number of hydrogen-bond acceptors (Lipinski definition) is 3. The molecule has 0 saturated heterocycles. The minimum atomic E-state index is -3.49. The Labute approximate surface area is 162 Å². The molecule has 2 saturated carbocycles. The molecule has 2 fully saturated rings. The normalized spacial score (nSPS) is 27.4. The number of fused-ring (bicyclic) bond motifs is 2. The van der Waals surface area contributed by atoms with Gasteiger partial charge in [-0.15, -0.1) is 0 Å². The van der Waals surface area contributed by atoms with Crippen molar-refractivity contribution in [1.29, 1.82) is 0 Å². The van der Waals surface area contributed by atoms with Gasteiger partial charge in [0.25, 0.3) is 0 Å². The number of sulfonamides is 1. The van der Waals surface area contributed by atoms with Crippen LogP contribution in [-0.2, 0) is 14.8 Å². The second-order valence-corrected chi connectivity index (χ2v) is 9.74. The molecule has 148 valence electrons. The fourth-order valence-electron chi connectivity index (χ4n) is 4.66. The van der Waals surface area contributed by atoms with E-state index in [1.807, 2.05) is 19.1 Å². The van der Waals surface area contributed by atoms with Gasteiger partial charge >= 0.3 is 0 Å². The highest BCUT2D eigenvalue weighted by atomic mass is 32.2. The lowest BCUT2D eigenvalue weighted by Crippen LogP contribution is -2.43. The molecular weight excluding hydrogens is 360 g/mol. The molecule has 5 nitrogen and oxygen atoms in total. The van der Waals surface area contributed by atoms with Crippen LogP contribution in [0.1, 0.15) is 50.5 Å². The Hall–Kier alpha value is -1.66. The van der Waals surface area contributed by atoms with Crippen LogP contribution in [0, 0.1) is 24.7 Å². The number of unbranched alkanes of at least 4 members (excludes halogenated alkanes) is 1. The van der Waals surface area contributed by atoms with E-state index in [-0.39, 0.29) is 11.9 Å². The van der Waals surface area contributed by atoms with Gasteiger partial charge < -0.3 is 5.73 Å². The maximum Gasteiger partial charge on any atom is 0.240 e. The first kappa shape index (κ1) is 20.1. The number of benzene rings is 1. The monoisotopic (exact) mass is 390 g/mol. The lowest BCUT2D eigenvalue weighted by atomic mass is 9.83. The Morgan fingerprint density at radius 3 is 2.59 bits per heavy atom. The number of aryl methyl sites for hydroxylation is 1. The third kappa shape index (κ3) is 4.99. The van der Waals surface area contributed by atoms with Crippen molar-refractivity contribution < 1.29 is 13.2 Å². The summed E-state index contributed by atoms with van der Waals surface area (Å²) in [5, 5.41) is 0. The molecule has 0 heterocycles. The fraction of sp³-hybridized carbons (Fsp3) is 0.571. The summed E-state index contributed by atoms with van der Waals surface area (Å²) < 4.78 is 28.7. The summed E-state index contributed by atoms with van der Waals surface area (Å²) in [6, 6.07) is 7.05. The van der Waals surface area contributed by atoms with Crippen molar-refractivity contribution in [1.82, 2.24) is 4.72 Å². The van der Waals surface area contributed by atoms with Gasteiger partial charge in [0.1, 0.15) is 0 Å². The van der Waals surface area contributed by atoms with Crippen molar-refractivity contribution in [3.63, 3.8) is 0 Å². The molecule has 0 aliphatic heterocycles. The standard InChI is InChI=1S/C21H30N2O3S/c1-15-8-12-18(13-9-15)27(25,26)23-21-17-11-10-16(14-17)19(21)6-4-2-3-5-7-20(22)24/h2,4,8-9,12-13,16-17,19,21,23H,3,5-7,10-11,14H2,1H3,(H2,22,24)/b4-2-. The summed E-state index contributed by atoms with van der Waals surface area (Å²) in [5.74, 6) is 1.15. The number of hydrogen-bond donors (Lipinski definition) is 2. The van der Waals surface area contributed by atoms with Crippen LogP contribution in [0.25, 0.3) is 0 Å². The third-order valence-electron chi connectivity index (χ3n) is 6.08. The molecular formula is C21H30N2O3S. The first-order chi connectivity index (χ1) is 12.9. The highest BCUT2D eigenvalue weighted by Gasteiger charge is 2.48. The topological polar surface area (TPSA) is 89.3 Å². The number of carbonyl (C=O) groups excluding carboxylic acids is 1. The van der Waals surface area contributed by atoms with Gasteiger partial charge in [-0.3, -0.25) is 4.79 Å². The summed E-state index contributed by atoms with van der Waals surface area (Å²) in [4.78, 5) is 11.1. The number of rotatable bonds is 9. The summed E-state index contributed by atoms with van der Waals surface area (Å²) in [7, 11) is -3.49. The molecule has 4 unspecified atom stereocenters. The van der Waals surface area contributed by atoms with Crippen LogP contribution in [-0.4, -0.2) is 20.4 Å². The summed E-state index contributed by atoms with van der Waals surface area (Å²) in [6.07, 6.45) is 10.6. The number of primary amides is 1. The third-order valence-corrected chi connectivity index (χ3v) is 7.56. The molecule has 4 atom stereocenters. The van der Waals surface area contributed by atoms with Crippen molar-refractivity contribution in [2.75, 3.05) is 0 Å². The fourth-order valence-corrected chi connectivity index (χ4v) is 6.02. The summed E-state index contributed by atoms with van der Waals surface area (Å²) >= 11 is 0. The number of amides is 1. The quantitative estimate of drug-likeness (QED) is 0.501. The van der Waals surface area contributed by atoms with Gasteiger partial charge in [-0.1, -0.05) is 29.8 Å². The van der Waals surface area contributed by atoms with Crippen LogP contribution in [0.15, 0.2) is 41.3 Å². The second-order valence-electron chi connectivity index (χ2n) is 8.02. The molecule has 2 aliphatic carbocycles. The zero-order chi connectivity index (χ0) is 19.4. The Kier molecular flexibility index (Phi) is 6.37. The van der Waals surface area contributed by atoms with E-state index in [9.17, 15) is 13.2 Å². The van der Waals surface area contributed by atoms with E-state index < -0.39 is 10.0 Å². The SMILES string of the molecule is Cc1ccc(S(=O)(=O)NC2C3CCC(C3)C2C/C=C\CCCC(N)=O)cc1. The van der Waals surface area contributed by atoms with Gasteiger partial charge in [0.2, 0.25) is 15.9 Å². The largest absolute Gasteiger partial charge is 0.370 e. The molecule has 6 heteroatoms. The van der Waals surface area contributed by atoms with E-state index in [0.717, 1.165) is 37.7 Å². The molecule has 1 aromatic rings. The number of nitrogens with two attached hydrogens (primary N) is 1. The molecule has 3 rings (SSSR count). The van der Waals surface area contributed by atoms with Crippen LogP contribution in [0.3, 0.4) is 0 Å². The molecule has 2 aliphatic rings. The maximum atomic E-state index is 12.8. The average Bonchev–Trinajstić information content (AvgIpc) is 3.20. The van der Waals surface area contributed by atoms with Crippen molar-refractivity contribution in [2.24, 2.45) is 23.5 Å². The van der Waals surface area contributed by atoms with Gasteiger partial charge in [-0.05, 0) is 75.3 Å². The highest BCUT2D eigenvalue weighted by molar-refractivity contribution is 7.89. The number of nitrogens with one attached hydrogen (secondary N) is 1. The van der Waals surface area contributed by atoms with Crippen LogP contribution in [0.2, 0.25) is 0 Å². The Morgan fingerprint density at radius 1 is 1.19 bits per heavy atom. The minimum Gasteiger partial charge on any atom is -0.370 e. The lowest BCUT2D eigenvalue weighted by molar-refractivity contribution is -0.118. The van der Waals surface area contributed by atoms with E-state index >= 15 is 0 Å². The zero-order valence-corrected chi connectivity index (χ0v) is 16.8. The van der Waals surface area contributed by atoms with E-state index in [1.165, 1.54) is 6.42 Å². The molecule has 1 aromatic carbocycles. The van der Waals surface area contributed by atoms with Gasteiger partial charge in [-0.2, -0.15) is 0 Å². The van der Waals surface area contributed by atoms with E-state index in [0.29, 0.717) is 29.1 Å². The van der Waals surface area contributed by atoms with Crippen molar-refractivity contribution in [2.45, 2.75) is 62.8 Å². The van der Waals surface area contributed by atoms with E-state index in [4.69, 9.17) is 5.73 Å². The van der Waals surface area contributed by atoms with Gasteiger partial charge in [0.05, 0.1) is 4.90 Å². The maximum absolute atomic E-state index is 12.8. The highest BCUT2D eigenvalue weighted by Crippen LogP contribution is 2.50. The summed E-state index contributed by atoms with van der Waals surface area (Å²) in [6.45, 7) is 1.95. The smallest absolute Gasteiger partial charge is 0.240 e. The van der Waals surface area contributed by atoms with Crippen LogP contribution < -0.4 is 10.5 Å². The molecule has 2 bridgehead atoms. The Balaban J connectivity index is 1.62. The van der Waals surface area contributed by atoms with Gasteiger partial charge in [0, 0.05) is 12.5 Å². The molecule has 0 radical (unpaired) electrons. The molecule has 0 spiro atoms. The number of allylic oxidation sites excluding steroid dienone is 2. The molecule has 1 amide bonds. The van der Waals surface area contributed by atoms with Crippen molar-refractivity contribution in [3.8, 4) is 0 Å². The lowest BCUT2D eigenvalue weighted by Gasteiger charge is -2.31. The predicted octanol–water partition coefficient (Wildman–Crippen LogP) is 3.29. The van der Waals surface area contributed by atoms with Crippen molar-refractivity contribution >= 4 is 15.9 Å². The zero-order valence-electron chi connectivity index (χ0n) is 15.9. The molecule has 3 N–H and O–H groups in total. The summed E-state index contributed by atoms with van der Waals surface area (Å²) in [5.41, 5.74) is 6.20. The first-order valence-electron chi connectivity index (χ1n) is 9.89. The number of carbonyl (C=O) groups is 1. The van der Waals surface area contributed by atoms with Gasteiger partial charge in [-0.25, -0.2) is 13.1 Å². The van der Waals surface area contributed by atoms with Gasteiger partial charge in [0.15, 0.2) is 0 Å². The molecule has 0 aromatic heterocycles. The van der Waals surface area contributed by atoms with Crippen LogP contribution in [0.5, 0.6) is 0 Å². The molecule has 27 heavy (non-hydrogen) atoms. The Morgan fingerprint density at radius 2 is 1.89 bits per heavy atom. The van der Waals surface area contributed by atoms with E-state index in [2.05, 4.69) is 16.9 Å². The Bertz CT molecular complexity index is 786. The van der Waals surface area contributed by atoms with Crippen LogP contribution in [0.4, 0.5) is 0 Å². The van der Waals surface area contributed by atoms with E-state index in [1.54, 1.807) is 12.1 Å². The van der Waals surface area contributed by atoms with Crippen LogP contribution >= 0.6 is 0 Å². The first-order valence-corrected chi connectivity index (χ1v) is 11.4. The minimum absolute atomic E-state index is 0.0188. The average molecular weight is 391 g/mol. The second kappa shape index (κ2) is 8.57. The van der Waals surface area contributed by atoms with Crippen molar-refractivity contribution in [3.05, 3.63) is 42.0 Å².